The summed E-state index contributed by atoms with van der Waals surface area (Å²) < 4.78 is 1.16. The molecule has 0 atom stereocenters. The van der Waals surface area contributed by atoms with E-state index in [9.17, 15) is 0 Å². The summed E-state index contributed by atoms with van der Waals surface area (Å²) in [6, 6.07) is 8.53. The van der Waals surface area contributed by atoms with E-state index >= 15 is 0 Å². The second-order valence-electron chi connectivity index (χ2n) is 5.51. The molecule has 2 heteroatoms. The third-order valence-corrected chi connectivity index (χ3v) is 3.63. The molecule has 1 aromatic carbocycles. The van der Waals surface area contributed by atoms with Gasteiger partial charge in [-0.25, -0.2) is 0 Å². The minimum Gasteiger partial charge on any atom is -0.396 e. The van der Waals surface area contributed by atoms with Crippen molar-refractivity contribution in [2.75, 3.05) is 6.61 Å². The van der Waals surface area contributed by atoms with Crippen molar-refractivity contribution < 1.29 is 5.11 Å². The van der Waals surface area contributed by atoms with Crippen molar-refractivity contribution in [2.24, 2.45) is 5.41 Å². The van der Waals surface area contributed by atoms with E-state index in [1.165, 1.54) is 24.8 Å². The standard InChI is InChI=1S/C15H23BrO/c1-15(2,12-17)10-5-3-4-7-13-8-6-9-14(16)11-13/h6,8-9,11,17H,3-5,7,10,12H2,1-2H3. The lowest BCUT2D eigenvalue weighted by atomic mass is 9.88. The number of unbranched alkanes of at least 4 members (excludes halogenated alkanes) is 2. The molecule has 0 spiro atoms. The first-order valence-corrected chi connectivity index (χ1v) is 7.18. The fourth-order valence-electron chi connectivity index (χ4n) is 1.88. The van der Waals surface area contributed by atoms with Crippen molar-refractivity contribution in [1.82, 2.24) is 0 Å². The molecule has 1 nitrogen and oxygen atoms in total. The summed E-state index contributed by atoms with van der Waals surface area (Å²) in [4.78, 5) is 0. The van der Waals surface area contributed by atoms with Gasteiger partial charge in [-0.1, -0.05) is 54.8 Å². The number of hydrogen-bond donors (Lipinski definition) is 1. The van der Waals surface area contributed by atoms with Crippen LogP contribution in [0.25, 0.3) is 0 Å². The van der Waals surface area contributed by atoms with Crippen LogP contribution in [0.1, 0.15) is 45.1 Å². The van der Waals surface area contributed by atoms with Gasteiger partial charge in [0.2, 0.25) is 0 Å². The Hall–Kier alpha value is -0.340. The second-order valence-corrected chi connectivity index (χ2v) is 6.43. The lowest BCUT2D eigenvalue weighted by Gasteiger charge is -2.20. The van der Waals surface area contributed by atoms with Gasteiger partial charge >= 0.3 is 0 Å². The maximum absolute atomic E-state index is 9.15. The predicted molar refractivity (Wildman–Crippen MR) is 77.2 cm³/mol. The Kier molecular flexibility index (Phi) is 6.21. The molecule has 0 saturated heterocycles. The zero-order chi connectivity index (χ0) is 12.7. The molecule has 1 aromatic rings. The molecule has 0 aliphatic rings. The van der Waals surface area contributed by atoms with Crippen molar-refractivity contribution in [2.45, 2.75) is 46.0 Å². The van der Waals surface area contributed by atoms with Crippen molar-refractivity contribution >= 4 is 15.9 Å². The highest BCUT2D eigenvalue weighted by Gasteiger charge is 2.14. The Labute approximate surface area is 113 Å². The summed E-state index contributed by atoms with van der Waals surface area (Å²) in [6.45, 7) is 4.54. The van der Waals surface area contributed by atoms with Crippen LogP contribution in [0.3, 0.4) is 0 Å². The first kappa shape index (κ1) is 14.7. The van der Waals surface area contributed by atoms with Crippen LogP contribution in [0.4, 0.5) is 0 Å². The molecule has 0 amide bonds. The van der Waals surface area contributed by atoms with Gasteiger partial charge in [0.15, 0.2) is 0 Å². The number of aliphatic hydroxyl groups is 1. The maximum atomic E-state index is 9.15. The normalized spacial score (nSPS) is 11.8. The molecule has 17 heavy (non-hydrogen) atoms. The summed E-state index contributed by atoms with van der Waals surface area (Å²) in [5, 5.41) is 9.15. The molecule has 96 valence electrons. The molecular weight excluding hydrogens is 276 g/mol. The maximum Gasteiger partial charge on any atom is 0.0482 e. The molecule has 1 rings (SSSR count). The molecule has 1 N–H and O–H groups in total. The minimum absolute atomic E-state index is 0.0930. The highest BCUT2D eigenvalue weighted by Crippen LogP contribution is 2.23. The highest BCUT2D eigenvalue weighted by atomic mass is 79.9. The first-order chi connectivity index (χ1) is 8.03. The van der Waals surface area contributed by atoms with Crippen molar-refractivity contribution in [3.8, 4) is 0 Å². The zero-order valence-corrected chi connectivity index (χ0v) is 12.5. The average molecular weight is 299 g/mol. The number of hydrogen-bond acceptors (Lipinski definition) is 1. The van der Waals surface area contributed by atoms with Crippen molar-refractivity contribution in [3.05, 3.63) is 34.3 Å². The Morgan fingerprint density at radius 2 is 1.94 bits per heavy atom. The topological polar surface area (TPSA) is 20.2 Å². The zero-order valence-electron chi connectivity index (χ0n) is 10.9. The van der Waals surface area contributed by atoms with Gasteiger partial charge < -0.3 is 5.11 Å². The summed E-state index contributed by atoms with van der Waals surface area (Å²) in [5.41, 5.74) is 1.50. The van der Waals surface area contributed by atoms with E-state index in [1.807, 2.05) is 0 Å². The van der Waals surface area contributed by atoms with Crippen LogP contribution in [0, 0.1) is 5.41 Å². The van der Waals surface area contributed by atoms with Gasteiger partial charge in [-0.15, -0.1) is 0 Å². The molecular formula is C15H23BrO. The molecule has 0 aromatic heterocycles. The van der Waals surface area contributed by atoms with Crippen LogP contribution in [0.15, 0.2) is 28.7 Å². The van der Waals surface area contributed by atoms with Crippen LogP contribution in [-0.4, -0.2) is 11.7 Å². The minimum atomic E-state index is 0.0930. The number of aliphatic hydroxyl groups excluding tert-OH is 1. The van der Waals surface area contributed by atoms with Crippen LogP contribution in [0.2, 0.25) is 0 Å². The molecule has 0 bridgehead atoms. The number of benzene rings is 1. The lowest BCUT2D eigenvalue weighted by Crippen LogP contribution is -2.16. The van der Waals surface area contributed by atoms with Gasteiger partial charge in [-0.2, -0.15) is 0 Å². The van der Waals surface area contributed by atoms with E-state index < -0.39 is 0 Å². The van der Waals surface area contributed by atoms with Gasteiger partial charge in [0.25, 0.3) is 0 Å². The Bertz CT molecular complexity index is 333. The predicted octanol–water partition coefficient (Wildman–Crippen LogP) is 4.57. The molecule has 0 saturated carbocycles. The van der Waals surface area contributed by atoms with Crippen molar-refractivity contribution in [1.29, 1.82) is 0 Å². The summed E-state index contributed by atoms with van der Waals surface area (Å²) in [6.07, 6.45) is 5.95. The molecule has 0 radical (unpaired) electrons. The monoisotopic (exact) mass is 298 g/mol. The third kappa shape index (κ3) is 6.23. The van der Waals surface area contributed by atoms with Crippen LogP contribution < -0.4 is 0 Å². The van der Waals surface area contributed by atoms with Gasteiger partial charge in [0, 0.05) is 11.1 Å². The smallest absolute Gasteiger partial charge is 0.0482 e. The van der Waals surface area contributed by atoms with E-state index in [0.717, 1.165) is 17.3 Å². The molecule has 0 unspecified atom stereocenters. The van der Waals surface area contributed by atoms with Gasteiger partial charge in [0.1, 0.15) is 0 Å². The number of aryl methyl sites for hydroxylation is 1. The van der Waals surface area contributed by atoms with Crippen molar-refractivity contribution in [3.63, 3.8) is 0 Å². The molecule has 0 aliphatic heterocycles. The van der Waals surface area contributed by atoms with Gasteiger partial charge in [-0.3, -0.25) is 0 Å². The molecule has 0 heterocycles. The van der Waals surface area contributed by atoms with E-state index in [4.69, 9.17) is 5.11 Å². The fourth-order valence-corrected chi connectivity index (χ4v) is 2.33. The summed E-state index contributed by atoms with van der Waals surface area (Å²) in [7, 11) is 0. The molecule has 0 fully saturated rings. The largest absolute Gasteiger partial charge is 0.396 e. The summed E-state index contributed by atoms with van der Waals surface area (Å²) in [5.74, 6) is 0. The fraction of sp³-hybridized carbons (Fsp3) is 0.600. The quantitative estimate of drug-likeness (QED) is 0.731. The first-order valence-electron chi connectivity index (χ1n) is 6.39. The van der Waals surface area contributed by atoms with Crippen LogP contribution >= 0.6 is 15.9 Å². The highest BCUT2D eigenvalue weighted by molar-refractivity contribution is 9.10. The number of rotatable bonds is 7. The van der Waals surface area contributed by atoms with Crippen LogP contribution in [-0.2, 0) is 6.42 Å². The summed E-state index contributed by atoms with van der Waals surface area (Å²) >= 11 is 3.49. The molecule has 0 aliphatic carbocycles. The SMILES string of the molecule is CC(C)(CO)CCCCCc1cccc(Br)c1. The lowest BCUT2D eigenvalue weighted by molar-refractivity contribution is 0.147. The average Bonchev–Trinajstić information content (AvgIpc) is 2.29. The van der Waals surface area contributed by atoms with Gasteiger partial charge in [0.05, 0.1) is 0 Å². The van der Waals surface area contributed by atoms with E-state index in [-0.39, 0.29) is 5.41 Å². The number of halogens is 1. The third-order valence-electron chi connectivity index (χ3n) is 3.14. The van der Waals surface area contributed by atoms with Crippen LogP contribution in [0.5, 0.6) is 0 Å². The van der Waals surface area contributed by atoms with E-state index in [1.54, 1.807) is 0 Å². The Morgan fingerprint density at radius 1 is 1.18 bits per heavy atom. The second kappa shape index (κ2) is 7.17. The van der Waals surface area contributed by atoms with Gasteiger partial charge in [-0.05, 0) is 42.4 Å². The Morgan fingerprint density at radius 3 is 2.59 bits per heavy atom. The van der Waals surface area contributed by atoms with E-state index in [0.29, 0.717) is 6.61 Å². The van der Waals surface area contributed by atoms with E-state index in [2.05, 4.69) is 54.0 Å². The Balaban J connectivity index is 2.17.